The van der Waals surface area contributed by atoms with Gasteiger partial charge in [-0.1, -0.05) is 25.5 Å². The number of benzene rings is 1. The lowest BCUT2D eigenvalue weighted by Crippen LogP contribution is -2.62. The van der Waals surface area contributed by atoms with E-state index in [0.717, 1.165) is 37.2 Å². The summed E-state index contributed by atoms with van der Waals surface area (Å²) in [5, 5.41) is 5.74. The zero-order chi connectivity index (χ0) is 16.2. The highest BCUT2D eigenvalue weighted by molar-refractivity contribution is 5.88. The summed E-state index contributed by atoms with van der Waals surface area (Å²) in [6.45, 7) is 7.92. The van der Waals surface area contributed by atoms with Gasteiger partial charge in [-0.05, 0) is 31.0 Å². The molecular formula is C17H25N3O2. The fraction of sp³-hybridized carbons (Fsp3) is 0.529. The van der Waals surface area contributed by atoms with Gasteiger partial charge in [-0.3, -0.25) is 14.5 Å². The number of hydrogen-bond donors (Lipinski definition) is 2. The fourth-order valence-electron chi connectivity index (χ4n) is 3.01. The summed E-state index contributed by atoms with van der Waals surface area (Å²) in [5.74, 6) is 0.0476. The third kappa shape index (κ3) is 3.65. The summed E-state index contributed by atoms with van der Waals surface area (Å²) in [7, 11) is 0. The molecule has 0 aromatic heterocycles. The van der Waals surface area contributed by atoms with Gasteiger partial charge in [0.1, 0.15) is 0 Å². The number of piperazine rings is 1. The molecule has 1 saturated heterocycles. The number of hydrogen-bond acceptors (Lipinski definition) is 3. The Morgan fingerprint density at radius 2 is 2.05 bits per heavy atom. The van der Waals surface area contributed by atoms with Gasteiger partial charge in [0.25, 0.3) is 0 Å². The van der Waals surface area contributed by atoms with Crippen LogP contribution in [-0.2, 0) is 16.1 Å². The van der Waals surface area contributed by atoms with E-state index < -0.39 is 5.54 Å². The van der Waals surface area contributed by atoms with Gasteiger partial charge in [-0.2, -0.15) is 0 Å². The van der Waals surface area contributed by atoms with Gasteiger partial charge in [0, 0.05) is 32.2 Å². The minimum absolute atomic E-state index is 0.0732. The van der Waals surface area contributed by atoms with E-state index >= 15 is 0 Å². The molecular weight excluding hydrogens is 278 g/mol. The Morgan fingerprint density at radius 1 is 1.36 bits per heavy atom. The Hall–Kier alpha value is -1.88. The van der Waals surface area contributed by atoms with Gasteiger partial charge in [-0.25, -0.2) is 0 Å². The Balaban J connectivity index is 2.10. The Morgan fingerprint density at radius 3 is 2.64 bits per heavy atom. The Labute approximate surface area is 132 Å². The van der Waals surface area contributed by atoms with Crippen LogP contribution >= 0.6 is 0 Å². The lowest BCUT2D eigenvalue weighted by atomic mass is 9.90. The number of anilines is 1. The molecule has 0 bridgehead atoms. The van der Waals surface area contributed by atoms with E-state index in [0.29, 0.717) is 6.54 Å². The van der Waals surface area contributed by atoms with Crippen LogP contribution in [0.15, 0.2) is 24.3 Å². The predicted molar refractivity (Wildman–Crippen MR) is 87.5 cm³/mol. The molecule has 0 saturated carbocycles. The van der Waals surface area contributed by atoms with E-state index in [2.05, 4.69) is 22.5 Å². The standard InChI is InChI=1S/C17H25N3O2/c1-4-9-17(3)16(22)18-10-11-20(17)12-14-5-7-15(8-6-14)19-13(2)21/h5-8H,4,9-12H2,1-3H3,(H,18,22)(H,19,21)/t17-/m1/s1. The zero-order valence-corrected chi connectivity index (χ0v) is 13.6. The van der Waals surface area contributed by atoms with Crippen molar-refractivity contribution in [2.75, 3.05) is 18.4 Å². The van der Waals surface area contributed by atoms with Crippen molar-refractivity contribution in [2.24, 2.45) is 0 Å². The molecule has 120 valence electrons. The van der Waals surface area contributed by atoms with Crippen LogP contribution in [0.3, 0.4) is 0 Å². The molecule has 1 atom stereocenters. The average molecular weight is 303 g/mol. The van der Waals surface area contributed by atoms with Crippen molar-refractivity contribution in [1.29, 1.82) is 0 Å². The maximum Gasteiger partial charge on any atom is 0.240 e. The fourth-order valence-corrected chi connectivity index (χ4v) is 3.01. The molecule has 5 nitrogen and oxygen atoms in total. The molecule has 1 aliphatic heterocycles. The maximum atomic E-state index is 12.3. The van der Waals surface area contributed by atoms with Crippen molar-refractivity contribution in [2.45, 2.75) is 45.7 Å². The first-order chi connectivity index (χ1) is 10.5. The van der Waals surface area contributed by atoms with E-state index in [1.165, 1.54) is 6.92 Å². The van der Waals surface area contributed by atoms with Crippen molar-refractivity contribution in [3.8, 4) is 0 Å². The van der Waals surface area contributed by atoms with E-state index in [-0.39, 0.29) is 11.8 Å². The third-order valence-corrected chi connectivity index (χ3v) is 4.24. The molecule has 0 aliphatic carbocycles. The molecule has 0 spiro atoms. The summed E-state index contributed by atoms with van der Waals surface area (Å²) >= 11 is 0. The SMILES string of the molecule is CCC[C@]1(C)C(=O)NCCN1Cc1ccc(NC(C)=O)cc1. The summed E-state index contributed by atoms with van der Waals surface area (Å²) < 4.78 is 0. The second-order valence-corrected chi connectivity index (χ2v) is 6.08. The van der Waals surface area contributed by atoms with E-state index in [9.17, 15) is 9.59 Å². The van der Waals surface area contributed by atoms with Gasteiger partial charge in [0.2, 0.25) is 11.8 Å². The highest BCUT2D eigenvalue weighted by Crippen LogP contribution is 2.26. The van der Waals surface area contributed by atoms with Gasteiger partial charge in [-0.15, -0.1) is 0 Å². The number of carbonyl (C=O) groups is 2. The average Bonchev–Trinajstić information content (AvgIpc) is 2.46. The largest absolute Gasteiger partial charge is 0.353 e. The summed E-state index contributed by atoms with van der Waals surface area (Å²) in [5.41, 5.74) is 1.50. The molecule has 0 radical (unpaired) electrons. The molecule has 22 heavy (non-hydrogen) atoms. The van der Waals surface area contributed by atoms with Crippen molar-refractivity contribution < 1.29 is 9.59 Å². The number of nitrogens with one attached hydrogen (secondary N) is 2. The molecule has 2 rings (SSSR count). The molecule has 1 aromatic carbocycles. The van der Waals surface area contributed by atoms with E-state index in [1.54, 1.807) is 0 Å². The molecule has 2 N–H and O–H groups in total. The number of nitrogens with zero attached hydrogens (tertiary/aromatic N) is 1. The molecule has 0 unspecified atom stereocenters. The van der Waals surface area contributed by atoms with E-state index in [1.807, 2.05) is 31.2 Å². The summed E-state index contributed by atoms with van der Waals surface area (Å²) in [6.07, 6.45) is 1.82. The first-order valence-corrected chi connectivity index (χ1v) is 7.85. The zero-order valence-electron chi connectivity index (χ0n) is 13.6. The molecule has 1 aliphatic rings. The lowest BCUT2D eigenvalue weighted by Gasteiger charge is -2.43. The van der Waals surface area contributed by atoms with Gasteiger partial charge in [0.15, 0.2) is 0 Å². The van der Waals surface area contributed by atoms with Crippen LogP contribution in [0.25, 0.3) is 0 Å². The van der Waals surface area contributed by atoms with Crippen molar-refractivity contribution in [1.82, 2.24) is 10.2 Å². The van der Waals surface area contributed by atoms with E-state index in [4.69, 9.17) is 0 Å². The molecule has 1 heterocycles. The molecule has 1 fully saturated rings. The summed E-state index contributed by atoms with van der Waals surface area (Å²) in [6, 6.07) is 7.81. The normalized spacial score (nSPS) is 22.2. The highest BCUT2D eigenvalue weighted by Gasteiger charge is 2.40. The van der Waals surface area contributed by atoms with Crippen LogP contribution in [-0.4, -0.2) is 35.3 Å². The van der Waals surface area contributed by atoms with Crippen molar-refractivity contribution >= 4 is 17.5 Å². The third-order valence-electron chi connectivity index (χ3n) is 4.24. The first kappa shape index (κ1) is 16.5. The van der Waals surface area contributed by atoms with Gasteiger partial charge in [0.05, 0.1) is 5.54 Å². The minimum Gasteiger partial charge on any atom is -0.353 e. The maximum absolute atomic E-state index is 12.3. The summed E-state index contributed by atoms with van der Waals surface area (Å²) in [4.78, 5) is 25.6. The monoisotopic (exact) mass is 303 g/mol. The molecule has 5 heteroatoms. The second kappa shape index (κ2) is 6.92. The first-order valence-electron chi connectivity index (χ1n) is 7.85. The van der Waals surface area contributed by atoms with Crippen LogP contribution in [0.5, 0.6) is 0 Å². The number of carbonyl (C=O) groups excluding carboxylic acids is 2. The Kier molecular flexibility index (Phi) is 5.19. The van der Waals surface area contributed by atoms with Crippen LogP contribution in [0.4, 0.5) is 5.69 Å². The van der Waals surface area contributed by atoms with Crippen molar-refractivity contribution in [3.05, 3.63) is 29.8 Å². The highest BCUT2D eigenvalue weighted by atomic mass is 16.2. The van der Waals surface area contributed by atoms with Gasteiger partial charge < -0.3 is 10.6 Å². The van der Waals surface area contributed by atoms with Crippen LogP contribution < -0.4 is 10.6 Å². The quantitative estimate of drug-likeness (QED) is 0.876. The number of amides is 2. The van der Waals surface area contributed by atoms with Crippen molar-refractivity contribution in [3.63, 3.8) is 0 Å². The smallest absolute Gasteiger partial charge is 0.240 e. The van der Waals surface area contributed by atoms with Crippen LogP contribution in [0.1, 0.15) is 39.2 Å². The Bertz CT molecular complexity index is 541. The molecule has 2 amide bonds. The molecule has 1 aromatic rings. The van der Waals surface area contributed by atoms with Gasteiger partial charge >= 0.3 is 0 Å². The van der Waals surface area contributed by atoms with Crippen LogP contribution in [0, 0.1) is 0 Å². The minimum atomic E-state index is -0.441. The number of rotatable bonds is 5. The van der Waals surface area contributed by atoms with Crippen LogP contribution in [0.2, 0.25) is 0 Å². The topological polar surface area (TPSA) is 61.4 Å². The lowest BCUT2D eigenvalue weighted by molar-refractivity contribution is -0.137. The predicted octanol–water partition coefficient (Wildman–Crippen LogP) is 2.14. The second-order valence-electron chi connectivity index (χ2n) is 6.08.